The van der Waals surface area contributed by atoms with Gasteiger partial charge in [-0.25, -0.2) is 0 Å². The molecule has 0 aliphatic heterocycles. The second-order valence-corrected chi connectivity index (χ2v) is 6.28. The van der Waals surface area contributed by atoms with Gasteiger partial charge < -0.3 is 10.6 Å². The molecule has 3 aromatic rings. The molecule has 0 bridgehead atoms. The van der Waals surface area contributed by atoms with Crippen molar-refractivity contribution in [1.29, 1.82) is 0 Å². The van der Waals surface area contributed by atoms with Gasteiger partial charge in [-0.1, -0.05) is 23.8 Å². The monoisotopic (exact) mass is 360 g/mol. The summed E-state index contributed by atoms with van der Waals surface area (Å²) in [4.78, 5) is 32.9. The molecule has 2 N–H and O–H groups in total. The van der Waals surface area contributed by atoms with Crippen molar-refractivity contribution in [2.75, 3.05) is 5.32 Å². The molecular weight excluding hydrogens is 340 g/mol. The molecule has 0 atom stereocenters. The van der Waals surface area contributed by atoms with Crippen LogP contribution >= 0.6 is 0 Å². The molecule has 0 radical (unpaired) electrons. The largest absolute Gasteiger partial charge is 0.348 e. The number of hydrogen-bond donors (Lipinski definition) is 2. The number of pyridine rings is 2. The van der Waals surface area contributed by atoms with E-state index in [1.54, 1.807) is 18.5 Å². The normalized spacial score (nSPS) is 10.3. The quantitative estimate of drug-likeness (QED) is 0.731. The van der Waals surface area contributed by atoms with Crippen molar-refractivity contribution >= 4 is 17.5 Å². The van der Waals surface area contributed by atoms with Gasteiger partial charge in [-0.15, -0.1) is 0 Å². The standard InChI is InChI=1S/C21H20N4O2/c1-14-5-6-19(15(2)8-14)25-21(27)18-9-17(12-23-13-18)20(26)24-11-16-4-3-7-22-10-16/h3-10,12-13H,11H2,1-2H3,(H,24,26)(H,25,27). The van der Waals surface area contributed by atoms with Crippen molar-refractivity contribution in [1.82, 2.24) is 15.3 Å². The lowest BCUT2D eigenvalue weighted by atomic mass is 10.1. The molecule has 0 saturated carbocycles. The molecule has 2 heterocycles. The van der Waals surface area contributed by atoms with Crippen molar-refractivity contribution in [3.8, 4) is 0 Å². The Morgan fingerprint density at radius 3 is 2.41 bits per heavy atom. The Morgan fingerprint density at radius 1 is 0.926 bits per heavy atom. The van der Waals surface area contributed by atoms with Crippen LogP contribution in [0.3, 0.4) is 0 Å². The van der Waals surface area contributed by atoms with Crippen LogP contribution in [0.25, 0.3) is 0 Å². The Balaban J connectivity index is 1.68. The van der Waals surface area contributed by atoms with E-state index in [9.17, 15) is 9.59 Å². The Kier molecular flexibility index (Phi) is 5.56. The molecule has 27 heavy (non-hydrogen) atoms. The number of carbonyl (C=O) groups is 2. The van der Waals surface area contributed by atoms with Gasteiger partial charge in [-0.3, -0.25) is 19.6 Å². The van der Waals surface area contributed by atoms with Crippen molar-refractivity contribution in [2.45, 2.75) is 20.4 Å². The van der Waals surface area contributed by atoms with E-state index in [-0.39, 0.29) is 11.8 Å². The number of aromatic nitrogens is 2. The van der Waals surface area contributed by atoms with Crippen LogP contribution in [0.5, 0.6) is 0 Å². The van der Waals surface area contributed by atoms with Gasteiger partial charge in [0.25, 0.3) is 11.8 Å². The molecule has 0 unspecified atom stereocenters. The van der Waals surface area contributed by atoms with E-state index in [0.717, 1.165) is 22.4 Å². The van der Waals surface area contributed by atoms with Gasteiger partial charge in [0.05, 0.1) is 11.1 Å². The van der Waals surface area contributed by atoms with Gasteiger partial charge in [0.2, 0.25) is 0 Å². The fourth-order valence-electron chi connectivity index (χ4n) is 2.62. The number of rotatable bonds is 5. The Hall–Kier alpha value is -3.54. The first-order valence-corrected chi connectivity index (χ1v) is 8.53. The minimum absolute atomic E-state index is 0.299. The summed E-state index contributed by atoms with van der Waals surface area (Å²) < 4.78 is 0. The van der Waals surface area contributed by atoms with Gasteiger partial charge >= 0.3 is 0 Å². The number of hydrogen-bond acceptors (Lipinski definition) is 4. The molecule has 0 aliphatic rings. The average molecular weight is 360 g/mol. The third-order valence-corrected chi connectivity index (χ3v) is 4.07. The van der Waals surface area contributed by atoms with Crippen LogP contribution < -0.4 is 10.6 Å². The van der Waals surface area contributed by atoms with Crippen LogP contribution in [0.15, 0.2) is 61.2 Å². The fourth-order valence-corrected chi connectivity index (χ4v) is 2.62. The van der Waals surface area contributed by atoms with Gasteiger partial charge in [-0.2, -0.15) is 0 Å². The maximum Gasteiger partial charge on any atom is 0.257 e. The van der Waals surface area contributed by atoms with Crippen molar-refractivity contribution in [3.05, 3.63) is 89.0 Å². The van der Waals surface area contributed by atoms with E-state index in [2.05, 4.69) is 20.6 Å². The molecule has 136 valence electrons. The first kappa shape index (κ1) is 18.3. The number of nitrogens with zero attached hydrogens (tertiary/aromatic N) is 2. The van der Waals surface area contributed by atoms with Gasteiger partial charge in [0.1, 0.15) is 0 Å². The van der Waals surface area contributed by atoms with Crippen molar-refractivity contribution < 1.29 is 9.59 Å². The van der Waals surface area contributed by atoms with E-state index in [4.69, 9.17) is 0 Å². The summed E-state index contributed by atoms with van der Waals surface area (Å²) in [5.74, 6) is -0.608. The summed E-state index contributed by atoms with van der Waals surface area (Å²) in [6.45, 7) is 4.28. The third kappa shape index (κ3) is 4.76. The minimum Gasteiger partial charge on any atom is -0.348 e. The maximum absolute atomic E-state index is 12.5. The van der Waals surface area contributed by atoms with E-state index in [0.29, 0.717) is 17.7 Å². The van der Waals surface area contributed by atoms with Gasteiger partial charge in [0.15, 0.2) is 0 Å². The Labute approximate surface area is 157 Å². The number of anilines is 1. The molecule has 6 nitrogen and oxygen atoms in total. The van der Waals surface area contributed by atoms with E-state index in [1.807, 2.05) is 38.1 Å². The molecular formula is C21H20N4O2. The number of benzene rings is 1. The van der Waals surface area contributed by atoms with Gasteiger partial charge in [-0.05, 0) is 43.2 Å². The molecule has 0 spiro atoms. The molecule has 0 saturated heterocycles. The zero-order valence-electron chi connectivity index (χ0n) is 15.2. The number of carbonyl (C=O) groups excluding carboxylic acids is 2. The van der Waals surface area contributed by atoms with Crippen molar-refractivity contribution in [2.24, 2.45) is 0 Å². The molecule has 0 fully saturated rings. The lowest BCUT2D eigenvalue weighted by molar-refractivity contribution is 0.0950. The number of aryl methyl sites for hydroxylation is 2. The summed E-state index contributed by atoms with van der Waals surface area (Å²) in [7, 11) is 0. The lowest BCUT2D eigenvalue weighted by Gasteiger charge is -2.10. The fraction of sp³-hybridized carbons (Fsp3) is 0.143. The van der Waals surface area contributed by atoms with E-state index < -0.39 is 0 Å². The summed E-state index contributed by atoms with van der Waals surface area (Å²) >= 11 is 0. The summed E-state index contributed by atoms with van der Waals surface area (Å²) in [5.41, 5.74) is 4.37. The van der Waals surface area contributed by atoms with Crippen LogP contribution in [0.4, 0.5) is 5.69 Å². The average Bonchev–Trinajstić information content (AvgIpc) is 2.69. The van der Waals surface area contributed by atoms with Crippen LogP contribution in [0, 0.1) is 13.8 Å². The Morgan fingerprint density at radius 2 is 1.70 bits per heavy atom. The molecule has 0 aliphatic carbocycles. The zero-order valence-corrected chi connectivity index (χ0v) is 15.2. The highest BCUT2D eigenvalue weighted by Gasteiger charge is 2.12. The highest BCUT2D eigenvalue weighted by Crippen LogP contribution is 2.17. The van der Waals surface area contributed by atoms with Crippen molar-refractivity contribution in [3.63, 3.8) is 0 Å². The van der Waals surface area contributed by atoms with E-state index in [1.165, 1.54) is 18.5 Å². The second kappa shape index (κ2) is 8.23. The third-order valence-electron chi connectivity index (χ3n) is 4.07. The molecule has 1 aromatic carbocycles. The second-order valence-electron chi connectivity index (χ2n) is 6.28. The maximum atomic E-state index is 12.5. The van der Waals surface area contributed by atoms with Crippen LogP contribution in [-0.2, 0) is 6.54 Å². The SMILES string of the molecule is Cc1ccc(NC(=O)c2cncc(C(=O)NCc3cccnc3)c2)c(C)c1. The minimum atomic E-state index is -0.309. The molecule has 6 heteroatoms. The molecule has 2 aromatic heterocycles. The molecule has 2 amide bonds. The van der Waals surface area contributed by atoms with Crippen LogP contribution in [0.1, 0.15) is 37.4 Å². The van der Waals surface area contributed by atoms with Gasteiger partial charge in [0, 0.05) is 37.0 Å². The zero-order chi connectivity index (χ0) is 19.2. The summed E-state index contributed by atoms with van der Waals surface area (Å²) in [6.07, 6.45) is 6.24. The molecule has 3 rings (SSSR count). The summed E-state index contributed by atoms with van der Waals surface area (Å²) in [6, 6.07) is 11.0. The highest BCUT2D eigenvalue weighted by atomic mass is 16.2. The van der Waals surface area contributed by atoms with Crippen LogP contribution in [-0.4, -0.2) is 21.8 Å². The first-order valence-electron chi connectivity index (χ1n) is 8.53. The predicted octanol–water partition coefficient (Wildman–Crippen LogP) is 3.28. The number of amides is 2. The smallest absolute Gasteiger partial charge is 0.257 e. The van der Waals surface area contributed by atoms with Crippen LogP contribution in [0.2, 0.25) is 0 Å². The number of nitrogens with one attached hydrogen (secondary N) is 2. The van der Waals surface area contributed by atoms with E-state index >= 15 is 0 Å². The highest BCUT2D eigenvalue weighted by molar-refractivity contribution is 6.06. The lowest BCUT2D eigenvalue weighted by Crippen LogP contribution is -2.23. The summed E-state index contributed by atoms with van der Waals surface area (Å²) in [5, 5.41) is 5.65. The predicted molar refractivity (Wildman–Crippen MR) is 104 cm³/mol. The topological polar surface area (TPSA) is 84.0 Å². The first-order chi connectivity index (χ1) is 13.0. The Bertz CT molecular complexity index is 971.